The standard InChI is InChI=1S/C5H8F2O3/c6-3-2(1-8)10-5(9)4(3)7/h2-5,8-9H,1H2/t2-,3-,4-,5-/m1/s1. The van der Waals surface area contributed by atoms with E-state index in [1.165, 1.54) is 0 Å². The summed E-state index contributed by atoms with van der Waals surface area (Å²) in [5.41, 5.74) is 0. The molecule has 0 radical (unpaired) electrons. The Kier molecular flexibility index (Phi) is 2.18. The molecule has 0 bridgehead atoms. The molecular weight excluding hydrogens is 146 g/mol. The average Bonchev–Trinajstić information content (AvgIpc) is 2.17. The molecule has 4 atom stereocenters. The van der Waals surface area contributed by atoms with Crippen LogP contribution in [0.5, 0.6) is 0 Å². The van der Waals surface area contributed by atoms with E-state index in [1.807, 2.05) is 0 Å². The maximum atomic E-state index is 12.4. The number of hydrogen-bond donors (Lipinski definition) is 2. The second kappa shape index (κ2) is 2.77. The van der Waals surface area contributed by atoms with Crippen molar-refractivity contribution < 1.29 is 23.7 Å². The molecule has 0 spiro atoms. The van der Waals surface area contributed by atoms with Gasteiger partial charge in [0.2, 0.25) is 0 Å². The molecule has 1 aliphatic heterocycles. The van der Waals surface area contributed by atoms with E-state index < -0.39 is 31.3 Å². The molecule has 0 aromatic carbocycles. The summed E-state index contributed by atoms with van der Waals surface area (Å²) in [4.78, 5) is 0. The number of hydrogen-bond acceptors (Lipinski definition) is 3. The van der Waals surface area contributed by atoms with E-state index in [2.05, 4.69) is 4.74 Å². The molecule has 1 heterocycles. The maximum Gasteiger partial charge on any atom is 0.189 e. The molecule has 60 valence electrons. The number of aliphatic hydroxyl groups excluding tert-OH is 2. The second-order valence-corrected chi connectivity index (χ2v) is 2.14. The summed E-state index contributed by atoms with van der Waals surface area (Å²) in [6, 6.07) is 0. The molecule has 1 rings (SSSR count). The van der Waals surface area contributed by atoms with Crippen molar-refractivity contribution in [1.29, 1.82) is 0 Å². The van der Waals surface area contributed by atoms with E-state index in [1.54, 1.807) is 0 Å². The van der Waals surface area contributed by atoms with Gasteiger partial charge >= 0.3 is 0 Å². The maximum absolute atomic E-state index is 12.4. The zero-order valence-corrected chi connectivity index (χ0v) is 5.08. The smallest absolute Gasteiger partial charge is 0.189 e. The van der Waals surface area contributed by atoms with Crippen molar-refractivity contribution >= 4 is 0 Å². The highest BCUT2D eigenvalue weighted by atomic mass is 19.2. The summed E-state index contributed by atoms with van der Waals surface area (Å²) in [5, 5.41) is 16.9. The molecule has 1 aliphatic rings. The van der Waals surface area contributed by atoms with E-state index in [9.17, 15) is 8.78 Å². The predicted octanol–water partition coefficient (Wildman–Crippen LogP) is -0.628. The highest BCUT2D eigenvalue weighted by Crippen LogP contribution is 2.24. The van der Waals surface area contributed by atoms with Gasteiger partial charge in [-0.05, 0) is 0 Å². The number of halogens is 2. The Bertz CT molecular complexity index is 121. The van der Waals surface area contributed by atoms with Gasteiger partial charge in [0.25, 0.3) is 0 Å². The number of alkyl halides is 2. The van der Waals surface area contributed by atoms with Gasteiger partial charge < -0.3 is 14.9 Å². The molecule has 0 aromatic heterocycles. The third kappa shape index (κ3) is 1.12. The van der Waals surface area contributed by atoms with Crippen LogP contribution in [0, 0.1) is 0 Å². The van der Waals surface area contributed by atoms with Crippen molar-refractivity contribution in [2.24, 2.45) is 0 Å². The summed E-state index contributed by atoms with van der Waals surface area (Å²) in [6.07, 6.45) is -6.89. The molecule has 0 aromatic rings. The first-order valence-corrected chi connectivity index (χ1v) is 2.89. The Morgan fingerprint density at radius 1 is 1.30 bits per heavy atom. The summed E-state index contributed by atoms with van der Waals surface area (Å²) >= 11 is 0. The van der Waals surface area contributed by atoms with Crippen molar-refractivity contribution in [2.75, 3.05) is 6.61 Å². The van der Waals surface area contributed by atoms with Crippen molar-refractivity contribution in [3.63, 3.8) is 0 Å². The minimum absolute atomic E-state index is 0.612. The zero-order valence-electron chi connectivity index (χ0n) is 5.08. The Morgan fingerprint density at radius 2 is 1.90 bits per heavy atom. The summed E-state index contributed by atoms with van der Waals surface area (Å²) in [7, 11) is 0. The lowest BCUT2D eigenvalue weighted by molar-refractivity contribution is -0.120. The normalized spacial score (nSPS) is 48.0. The van der Waals surface area contributed by atoms with Crippen molar-refractivity contribution in [2.45, 2.75) is 24.7 Å². The average molecular weight is 154 g/mol. The molecule has 5 heteroatoms. The van der Waals surface area contributed by atoms with Crippen LogP contribution in [0.4, 0.5) is 8.78 Å². The first kappa shape index (κ1) is 7.84. The summed E-state index contributed by atoms with van der Waals surface area (Å²) < 4.78 is 29.0. The fourth-order valence-corrected chi connectivity index (χ4v) is 0.835. The Morgan fingerprint density at radius 3 is 2.10 bits per heavy atom. The van der Waals surface area contributed by atoms with Crippen molar-refractivity contribution in [1.82, 2.24) is 0 Å². The van der Waals surface area contributed by atoms with Gasteiger partial charge in [-0.25, -0.2) is 8.78 Å². The van der Waals surface area contributed by atoms with E-state index in [0.717, 1.165) is 0 Å². The van der Waals surface area contributed by atoms with Crippen LogP contribution in [0.3, 0.4) is 0 Å². The first-order valence-electron chi connectivity index (χ1n) is 2.89. The molecule has 0 amide bonds. The molecule has 1 fully saturated rings. The van der Waals surface area contributed by atoms with Crippen LogP contribution < -0.4 is 0 Å². The Balaban J connectivity index is 2.53. The molecule has 0 unspecified atom stereocenters. The monoisotopic (exact) mass is 154 g/mol. The van der Waals surface area contributed by atoms with E-state index >= 15 is 0 Å². The lowest BCUT2D eigenvalue weighted by Crippen LogP contribution is -2.26. The fourth-order valence-electron chi connectivity index (χ4n) is 0.835. The third-order valence-corrected chi connectivity index (χ3v) is 1.43. The molecule has 0 aliphatic carbocycles. The van der Waals surface area contributed by atoms with E-state index in [0.29, 0.717) is 0 Å². The largest absolute Gasteiger partial charge is 0.394 e. The Labute approximate surface area is 56.2 Å². The number of ether oxygens (including phenoxy) is 1. The lowest BCUT2D eigenvalue weighted by atomic mass is 10.2. The molecule has 2 N–H and O–H groups in total. The van der Waals surface area contributed by atoms with Crippen LogP contribution >= 0.6 is 0 Å². The topological polar surface area (TPSA) is 49.7 Å². The highest BCUT2D eigenvalue weighted by molar-refractivity contribution is 4.85. The van der Waals surface area contributed by atoms with Crippen LogP contribution in [0.25, 0.3) is 0 Å². The van der Waals surface area contributed by atoms with Gasteiger partial charge in [-0.3, -0.25) is 0 Å². The minimum Gasteiger partial charge on any atom is -0.394 e. The van der Waals surface area contributed by atoms with Gasteiger partial charge in [0, 0.05) is 0 Å². The zero-order chi connectivity index (χ0) is 7.72. The van der Waals surface area contributed by atoms with Crippen molar-refractivity contribution in [3.8, 4) is 0 Å². The number of rotatable bonds is 1. The second-order valence-electron chi connectivity index (χ2n) is 2.14. The lowest BCUT2D eigenvalue weighted by Gasteiger charge is -2.05. The first-order chi connectivity index (χ1) is 4.66. The van der Waals surface area contributed by atoms with Crippen LogP contribution in [-0.4, -0.2) is 41.6 Å². The molecule has 10 heavy (non-hydrogen) atoms. The summed E-state index contributed by atoms with van der Waals surface area (Å²) in [5.74, 6) is 0. The fraction of sp³-hybridized carbons (Fsp3) is 1.00. The molecule has 3 nitrogen and oxygen atoms in total. The van der Waals surface area contributed by atoms with Crippen LogP contribution in [-0.2, 0) is 4.74 Å². The highest BCUT2D eigenvalue weighted by Gasteiger charge is 2.44. The van der Waals surface area contributed by atoms with Crippen LogP contribution in [0.15, 0.2) is 0 Å². The predicted molar refractivity (Wildman–Crippen MR) is 27.8 cm³/mol. The van der Waals surface area contributed by atoms with Gasteiger partial charge in [0.05, 0.1) is 6.61 Å². The third-order valence-electron chi connectivity index (χ3n) is 1.43. The van der Waals surface area contributed by atoms with Gasteiger partial charge in [-0.1, -0.05) is 0 Å². The quantitative estimate of drug-likeness (QED) is 0.528. The van der Waals surface area contributed by atoms with Gasteiger partial charge in [-0.2, -0.15) is 0 Å². The molecule has 1 saturated heterocycles. The van der Waals surface area contributed by atoms with E-state index in [-0.39, 0.29) is 0 Å². The van der Waals surface area contributed by atoms with Crippen molar-refractivity contribution in [3.05, 3.63) is 0 Å². The minimum atomic E-state index is -2.03. The van der Waals surface area contributed by atoms with Crippen LogP contribution in [0.2, 0.25) is 0 Å². The molecule has 0 saturated carbocycles. The number of aliphatic hydroxyl groups is 2. The SMILES string of the molecule is OC[C@H]1O[C@@H](O)[C@H](F)[C@@H]1F. The van der Waals surface area contributed by atoms with Gasteiger partial charge in [0.1, 0.15) is 6.10 Å². The van der Waals surface area contributed by atoms with Gasteiger partial charge in [0.15, 0.2) is 18.6 Å². The summed E-state index contributed by atoms with van der Waals surface area (Å²) in [6.45, 7) is -0.612. The van der Waals surface area contributed by atoms with Crippen LogP contribution in [0.1, 0.15) is 0 Å². The Hall–Kier alpha value is -0.260. The van der Waals surface area contributed by atoms with Gasteiger partial charge in [-0.15, -0.1) is 0 Å². The van der Waals surface area contributed by atoms with E-state index in [4.69, 9.17) is 10.2 Å². The molecular formula is C5H8F2O3.